The number of carbonyl (C=O) groups excluding carboxylic acids is 1. The molecule has 26 heavy (non-hydrogen) atoms. The van der Waals surface area contributed by atoms with Gasteiger partial charge < -0.3 is 9.47 Å². The van der Waals surface area contributed by atoms with Crippen LogP contribution in [0.25, 0.3) is 0 Å². The molecule has 5 heteroatoms. The van der Waals surface area contributed by atoms with E-state index < -0.39 is 0 Å². The second kappa shape index (κ2) is 10.2. The van der Waals surface area contributed by atoms with Crippen LogP contribution >= 0.6 is 23.2 Å². The Kier molecular flexibility index (Phi) is 8.02. The smallest absolute Gasteiger partial charge is 0.309 e. The molecule has 0 aliphatic carbocycles. The molecule has 0 amide bonds. The van der Waals surface area contributed by atoms with E-state index in [1.54, 1.807) is 6.08 Å². The molecule has 0 heterocycles. The number of ether oxygens (including phenoxy) is 2. The lowest BCUT2D eigenvalue weighted by molar-refractivity contribution is -0.151. The van der Waals surface area contributed by atoms with E-state index in [4.69, 9.17) is 32.7 Å². The van der Waals surface area contributed by atoms with Crippen molar-refractivity contribution in [1.29, 1.82) is 0 Å². The lowest BCUT2D eigenvalue weighted by atomic mass is 9.93. The summed E-state index contributed by atoms with van der Waals surface area (Å²) in [5.41, 5.74) is 0.861. The monoisotopic (exact) mass is 392 g/mol. The first-order valence-corrected chi connectivity index (χ1v) is 9.21. The van der Waals surface area contributed by atoms with Crippen molar-refractivity contribution in [3.05, 3.63) is 70.7 Å². The number of rotatable bonds is 8. The van der Waals surface area contributed by atoms with Crippen molar-refractivity contribution >= 4 is 29.2 Å². The number of esters is 1. The molecule has 0 aliphatic rings. The Morgan fingerprint density at radius 2 is 1.73 bits per heavy atom. The van der Waals surface area contributed by atoms with Crippen LogP contribution in [-0.4, -0.2) is 5.97 Å². The van der Waals surface area contributed by atoms with E-state index in [0.29, 0.717) is 12.2 Å². The Morgan fingerprint density at radius 3 is 2.38 bits per heavy atom. The lowest BCUT2D eigenvalue weighted by Crippen LogP contribution is -2.22. The molecule has 0 saturated carbocycles. The maximum absolute atomic E-state index is 12.4. The molecule has 3 nitrogen and oxygen atoms in total. The third-order valence-electron chi connectivity index (χ3n) is 3.89. The molecule has 0 aromatic heterocycles. The fourth-order valence-corrected chi connectivity index (χ4v) is 2.62. The van der Waals surface area contributed by atoms with Gasteiger partial charge in [-0.05, 0) is 42.2 Å². The zero-order valence-corrected chi connectivity index (χ0v) is 16.3. The van der Waals surface area contributed by atoms with Crippen LogP contribution in [0.5, 0.6) is 11.5 Å². The summed E-state index contributed by atoms with van der Waals surface area (Å²) >= 11 is 11.3. The first-order valence-electron chi connectivity index (χ1n) is 8.45. The Hall–Kier alpha value is -1.97. The Bertz CT molecular complexity index is 738. The van der Waals surface area contributed by atoms with Crippen LogP contribution in [0.15, 0.2) is 65.2 Å². The van der Waals surface area contributed by atoms with Crippen molar-refractivity contribution in [3.63, 3.8) is 0 Å². The number of halogens is 2. The zero-order valence-electron chi connectivity index (χ0n) is 14.8. The maximum atomic E-state index is 12.4. The molecule has 2 aromatic rings. The average Bonchev–Trinajstić information content (AvgIpc) is 2.61. The standard InChI is InChI=1S/C21H22Cl2O3/c1-15(2)19(11-12-20(22)23)21(24)25-14-16-7-6-10-18(13-16)26-17-8-4-3-5-9-17/h3-10,12-13,15,19H,11,14H2,1-2H3. The molecule has 0 saturated heterocycles. The highest BCUT2D eigenvalue weighted by atomic mass is 35.5. The average molecular weight is 393 g/mol. The molecule has 138 valence electrons. The second-order valence-corrected chi connectivity index (χ2v) is 7.26. The van der Waals surface area contributed by atoms with Crippen molar-refractivity contribution in [2.75, 3.05) is 0 Å². The first kappa shape index (κ1) is 20.3. The van der Waals surface area contributed by atoms with Crippen LogP contribution in [0.4, 0.5) is 0 Å². The minimum atomic E-state index is -0.286. The highest BCUT2D eigenvalue weighted by Crippen LogP contribution is 2.24. The second-order valence-electron chi connectivity index (χ2n) is 6.25. The Morgan fingerprint density at radius 1 is 1.04 bits per heavy atom. The maximum Gasteiger partial charge on any atom is 0.309 e. The highest BCUT2D eigenvalue weighted by Gasteiger charge is 2.22. The van der Waals surface area contributed by atoms with Crippen molar-refractivity contribution < 1.29 is 14.3 Å². The molecule has 1 unspecified atom stereocenters. The predicted octanol–water partition coefficient (Wildman–Crippen LogP) is 6.50. The minimum absolute atomic E-state index is 0.124. The van der Waals surface area contributed by atoms with E-state index >= 15 is 0 Å². The van der Waals surface area contributed by atoms with Crippen LogP contribution in [-0.2, 0) is 16.1 Å². The summed E-state index contributed by atoms with van der Waals surface area (Å²) in [6, 6.07) is 17.0. The molecule has 0 aliphatic heterocycles. The molecule has 0 radical (unpaired) electrons. The summed E-state index contributed by atoms with van der Waals surface area (Å²) in [4.78, 5) is 12.4. The van der Waals surface area contributed by atoms with Gasteiger partial charge in [-0.1, -0.05) is 73.5 Å². The SMILES string of the molecule is CC(C)C(CC=C(Cl)Cl)C(=O)OCc1cccc(Oc2ccccc2)c1. The summed E-state index contributed by atoms with van der Waals surface area (Å²) < 4.78 is 11.4. The van der Waals surface area contributed by atoms with E-state index in [1.165, 1.54) is 0 Å². The molecule has 2 rings (SSSR count). The molecule has 0 N–H and O–H groups in total. The number of hydrogen-bond acceptors (Lipinski definition) is 3. The van der Waals surface area contributed by atoms with Gasteiger partial charge in [0.2, 0.25) is 0 Å². The molecule has 0 spiro atoms. The largest absolute Gasteiger partial charge is 0.461 e. The first-order chi connectivity index (χ1) is 12.5. The lowest BCUT2D eigenvalue weighted by Gasteiger charge is -2.18. The van der Waals surface area contributed by atoms with Crippen LogP contribution in [0.2, 0.25) is 0 Å². The van der Waals surface area contributed by atoms with Gasteiger partial charge >= 0.3 is 5.97 Å². The van der Waals surface area contributed by atoms with Gasteiger partial charge in [0.15, 0.2) is 0 Å². The van der Waals surface area contributed by atoms with Crippen LogP contribution in [0.3, 0.4) is 0 Å². The third-order valence-corrected chi connectivity index (χ3v) is 4.20. The number of benzene rings is 2. The zero-order chi connectivity index (χ0) is 18.9. The van der Waals surface area contributed by atoms with E-state index in [-0.39, 0.29) is 28.9 Å². The minimum Gasteiger partial charge on any atom is -0.461 e. The van der Waals surface area contributed by atoms with Gasteiger partial charge in [0, 0.05) is 0 Å². The van der Waals surface area contributed by atoms with Gasteiger partial charge in [-0.15, -0.1) is 0 Å². The van der Waals surface area contributed by atoms with E-state index in [0.717, 1.165) is 11.3 Å². The summed E-state index contributed by atoms with van der Waals surface area (Å²) in [6.07, 6.45) is 2.08. The molecule has 1 atom stereocenters. The fourth-order valence-electron chi connectivity index (χ4n) is 2.44. The normalized spacial score (nSPS) is 11.7. The molecule has 0 fully saturated rings. The number of hydrogen-bond donors (Lipinski definition) is 0. The summed E-state index contributed by atoms with van der Waals surface area (Å²) in [5, 5.41) is 0. The summed E-state index contributed by atoms with van der Waals surface area (Å²) in [6.45, 7) is 4.12. The van der Waals surface area contributed by atoms with Gasteiger partial charge in [-0.25, -0.2) is 0 Å². The highest BCUT2D eigenvalue weighted by molar-refractivity contribution is 6.55. The molecule has 2 aromatic carbocycles. The molecular formula is C21H22Cl2O3. The van der Waals surface area contributed by atoms with Gasteiger partial charge in [0.1, 0.15) is 22.6 Å². The van der Waals surface area contributed by atoms with E-state index in [2.05, 4.69) is 0 Å². The van der Waals surface area contributed by atoms with Crippen molar-refractivity contribution in [2.45, 2.75) is 26.9 Å². The third kappa shape index (κ3) is 6.74. The van der Waals surface area contributed by atoms with Crippen LogP contribution < -0.4 is 4.74 Å². The van der Waals surface area contributed by atoms with Crippen molar-refractivity contribution in [3.8, 4) is 11.5 Å². The predicted molar refractivity (Wildman–Crippen MR) is 105 cm³/mol. The Labute approximate surface area is 164 Å². The molecular weight excluding hydrogens is 371 g/mol. The topological polar surface area (TPSA) is 35.5 Å². The van der Waals surface area contributed by atoms with E-state index in [9.17, 15) is 4.79 Å². The quantitative estimate of drug-likeness (QED) is 0.480. The van der Waals surface area contributed by atoms with Crippen LogP contribution in [0, 0.1) is 11.8 Å². The van der Waals surface area contributed by atoms with Gasteiger partial charge in [-0.3, -0.25) is 4.79 Å². The van der Waals surface area contributed by atoms with Gasteiger partial charge in [-0.2, -0.15) is 0 Å². The number of para-hydroxylation sites is 1. The number of carbonyl (C=O) groups is 1. The van der Waals surface area contributed by atoms with Crippen molar-refractivity contribution in [1.82, 2.24) is 0 Å². The van der Waals surface area contributed by atoms with Crippen LogP contribution in [0.1, 0.15) is 25.8 Å². The van der Waals surface area contributed by atoms with Gasteiger partial charge in [0.25, 0.3) is 0 Å². The summed E-state index contributed by atoms with van der Waals surface area (Å²) in [5.74, 6) is 1.03. The van der Waals surface area contributed by atoms with Crippen molar-refractivity contribution in [2.24, 2.45) is 11.8 Å². The fraction of sp³-hybridized carbons (Fsp3) is 0.286. The summed E-state index contributed by atoms with van der Waals surface area (Å²) in [7, 11) is 0. The number of allylic oxidation sites excluding steroid dienone is 1. The van der Waals surface area contributed by atoms with Gasteiger partial charge in [0.05, 0.1) is 5.92 Å². The Balaban J connectivity index is 1.96. The van der Waals surface area contributed by atoms with E-state index in [1.807, 2.05) is 68.4 Å². The molecule has 0 bridgehead atoms.